The van der Waals surface area contributed by atoms with Gasteiger partial charge in [-0.3, -0.25) is 0 Å². The van der Waals surface area contributed by atoms with Crippen molar-refractivity contribution in [3.8, 4) is 0 Å². The molecule has 0 saturated carbocycles. The lowest BCUT2D eigenvalue weighted by atomic mass is 9.94. The SMILES string of the molecule is Cc1cccc(C)c1CC(N)c1ccsc1. The molecule has 2 rings (SSSR count). The van der Waals surface area contributed by atoms with Gasteiger partial charge in [-0.25, -0.2) is 0 Å². The minimum absolute atomic E-state index is 0.117. The molecule has 1 unspecified atom stereocenters. The second-order valence-corrected chi connectivity index (χ2v) is 5.02. The van der Waals surface area contributed by atoms with Gasteiger partial charge in [-0.2, -0.15) is 11.3 Å². The summed E-state index contributed by atoms with van der Waals surface area (Å²) in [6.07, 6.45) is 0.926. The Balaban J connectivity index is 2.21. The van der Waals surface area contributed by atoms with Gasteiger partial charge < -0.3 is 5.73 Å². The van der Waals surface area contributed by atoms with Gasteiger partial charge in [0, 0.05) is 6.04 Å². The van der Waals surface area contributed by atoms with Gasteiger partial charge in [-0.1, -0.05) is 18.2 Å². The fraction of sp³-hybridized carbons (Fsp3) is 0.286. The van der Waals surface area contributed by atoms with Gasteiger partial charge in [0.1, 0.15) is 0 Å². The third kappa shape index (κ3) is 2.34. The summed E-state index contributed by atoms with van der Waals surface area (Å²) in [6, 6.07) is 8.64. The number of thiophene rings is 1. The van der Waals surface area contributed by atoms with Crippen LogP contribution in [0.2, 0.25) is 0 Å². The summed E-state index contributed by atoms with van der Waals surface area (Å²) < 4.78 is 0. The van der Waals surface area contributed by atoms with E-state index < -0.39 is 0 Å². The molecule has 0 aliphatic heterocycles. The van der Waals surface area contributed by atoms with Crippen molar-refractivity contribution in [1.82, 2.24) is 0 Å². The molecule has 2 N–H and O–H groups in total. The molecule has 0 radical (unpaired) electrons. The van der Waals surface area contributed by atoms with E-state index in [1.807, 2.05) is 0 Å². The van der Waals surface area contributed by atoms with Gasteiger partial charge in [0.25, 0.3) is 0 Å². The van der Waals surface area contributed by atoms with Crippen LogP contribution < -0.4 is 5.73 Å². The van der Waals surface area contributed by atoms with Crippen LogP contribution in [0.4, 0.5) is 0 Å². The molecular weight excluding hydrogens is 214 g/mol. The van der Waals surface area contributed by atoms with Crippen molar-refractivity contribution < 1.29 is 0 Å². The fourth-order valence-corrected chi connectivity index (χ4v) is 2.72. The van der Waals surface area contributed by atoms with Crippen molar-refractivity contribution >= 4 is 11.3 Å². The molecule has 1 nitrogen and oxygen atoms in total. The number of rotatable bonds is 3. The highest BCUT2D eigenvalue weighted by Gasteiger charge is 2.10. The van der Waals surface area contributed by atoms with Crippen molar-refractivity contribution in [3.05, 3.63) is 57.3 Å². The van der Waals surface area contributed by atoms with Crippen LogP contribution in [0.15, 0.2) is 35.0 Å². The summed E-state index contributed by atoms with van der Waals surface area (Å²) in [6.45, 7) is 4.31. The highest BCUT2D eigenvalue weighted by atomic mass is 32.1. The lowest BCUT2D eigenvalue weighted by Crippen LogP contribution is -2.13. The first kappa shape index (κ1) is 11.4. The molecule has 2 aromatic rings. The van der Waals surface area contributed by atoms with Crippen molar-refractivity contribution in [2.45, 2.75) is 26.3 Å². The van der Waals surface area contributed by atoms with E-state index in [2.05, 4.69) is 48.9 Å². The van der Waals surface area contributed by atoms with Crippen LogP contribution in [-0.2, 0) is 6.42 Å². The maximum atomic E-state index is 6.22. The molecule has 1 aromatic carbocycles. The van der Waals surface area contributed by atoms with Crippen molar-refractivity contribution in [2.24, 2.45) is 5.73 Å². The Morgan fingerprint density at radius 2 is 1.88 bits per heavy atom. The Labute approximate surface area is 101 Å². The van der Waals surface area contributed by atoms with E-state index in [0.717, 1.165) is 6.42 Å². The lowest BCUT2D eigenvalue weighted by molar-refractivity contribution is 0.718. The molecule has 0 amide bonds. The van der Waals surface area contributed by atoms with Crippen LogP contribution >= 0.6 is 11.3 Å². The molecule has 0 bridgehead atoms. The minimum Gasteiger partial charge on any atom is -0.324 e. The molecule has 1 aromatic heterocycles. The zero-order valence-corrected chi connectivity index (χ0v) is 10.6. The Morgan fingerprint density at radius 1 is 1.19 bits per heavy atom. The molecule has 0 saturated heterocycles. The second kappa shape index (κ2) is 4.81. The van der Waals surface area contributed by atoms with E-state index in [0.29, 0.717) is 0 Å². The molecule has 1 heterocycles. The Bertz CT molecular complexity index is 439. The van der Waals surface area contributed by atoms with Crippen molar-refractivity contribution in [2.75, 3.05) is 0 Å². The fourth-order valence-electron chi connectivity index (χ4n) is 1.99. The average Bonchev–Trinajstić information content (AvgIpc) is 2.76. The first-order valence-electron chi connectivity index (χ1n) is 5.51. The van der Waals surface area contributed by atoms with Gasteiger partial charge >= 0.3 is 0 Å². The predicted molar refractivity (Wildman–Crippen MR) is 70.9 cm³/mol. The predicted octanol–water partition coefficient (Wildman–Crippen LogP) is 3.61. The highest BCUT2D eigenvalue weighted by Crippen LogP contribution is 2.22. The molecule has 0 aliphatic carbocycles. The van der Waals surface area contributed by atoms with E-state index in [-0.39, 0.29) is 6.04 Å². The smallest absolute Gasteiger partial charge is 0.0344 e. The molecule has 16 heavy (non-hydrogen) atoms. The molecule has 1 atom stereocenters. The number of aryl methyl sites for hydroxylation is 2. The number of nitrogens with two attached hydrogens (primary N) is 1. The van der Waals surface area contributed by atoms with E-state index in [1.54, 1.807) is 11.3 Å². The molecule has 84 valence electrons. The van der Waals surface area contributed by atoms with Crippen LogP contribution in [0.1, 0.15) is 28.3 Å². The quantitative estimate of drug-likeness (QED) is 0.858. The highest BCUT2D eigenvalue weighted by molar-refractivity contribution is 7.07. The third-order valence-electron chi connectivity index (χ3n) is 3.04. The summed E-state index contributed by atoms with van der Waals surface area (Å²) in [7, 11) is 0. The van der Waals surface area contributed by atoms with Gasteiger partial charge in [0.2, 0.25) is 0 Å². The number of hydrogen-bond acceptors (Lipinski definition) is 2. The van der Waals surface area contributed by atoms with E-state index in [4.69, 9.17) is 5.73 Å². The van der Waals surface area contributed by atoms with Crippen LogP contribution in [0.3, 0.4) is 0 Å². The van der Waals surface area contributed by atoms with Gasteiger partial charge in [-0.15, -0.1) is 0 Å². The zero-order chi connectivity index (χ0) is 11.5. The maximum Gasteiger partial charge on any atom is 0.0344 e. The summed E-state index contributed by atoms with van der Waals surface area (Å²) >= 11 is 1.71. The summed E-state index contributed by atoms with van der Waals surface area (Å²) in [5, 5.41) is 4.22. The standard InChI is InChI=1S/C14H17NS/c1-10-4-3-5-11(2)13(10)8-14(15)12-6-7-16-9-12/h3-7,9,14H,8,15H2,1-2H3. The zero-order valence-electron chi connectivity index (χ0n) is 9.73. The molecule has 0 aliphatic rings. The number of benzene rings is 1. The van der Waals surface area contributed by atoms with Crippen LogP contribution in [0, 0.1) is 13.8 Å². The maximum absolute atomic E-state index is 6.22. The van der Waals surface area contributed by atoms with Gasteiger partial charge in [0.05, 0.1) is 0 Å². The first-order valence-corrected chi connectivity index (χ1v) is 6.45. The normalized spacial score (nSPS) is 12.7. The Hall–Kier alpha value is -1.12. The first-order chi connectivity index (χ1) is 7.68. The second-order valence-electron chi connectivity index (χ2n) is 4.24. The number of hydrogen-bond donors (Lipinski definition) is 1. The van der Waals surface area contributed by atoms with E-state index >= 15 is 0 Å². The van der Waals surface area contributed by atoms with Crippen molar-refractivity contribution in [3.63, 3.8) is 0 Å². The van der Waals surface area contributed by atoms with Gasteiger partial charge in [-0.05, 0) is 59.3 Å². The topological polar surface area (TPSA) is 26.0 Å². The molecule has 0 fully saturated rings. The van der Waals surface area contributed by atoms with Gasteiger partial charge in [0.15, 0.2) is 0 Å². The summed E-state index contributed by atoms with van der Waals surface area (Å²) in [5.41, 5.74) is 11.5. The Morgan fingerprint density at radius 3 is 2.44 bits per heavy atom. The van der Waals surface area contributed by atoms with Crippen LogP contribution in [0.25, 0.3) is 0 Å². The summed E-state index contributed by atoms with van der Waals surface area (Å²) in [4.78, 5) is 0. The molecular formula is C14H17NS. The average molecular weight is 231 g/mol. The largest absolute Gasteiger partial charge is 0.324 e. The lowest BCUT2D eigenvalue weighted by Gasteiger charge is -2.14. The van der Waals surface area contributed by atoms with Crippen molar-refractivity contribution in [1.29, 1.82) is 0 Å². The molecule has 2 heteroatoms. The molecule has 0 spiro atoms. The summed E-state index contributed by atoms with van der Waals surface area (Å²) in [5.74, 6) is 0. The third-order valence-corrected chi connectivity index (χ3v) is 3.74. The van der Waals surface area contributed by atoms with E-state index in [9.17, 15) is 0 Å². The van der Waals surface area contributed by atoms with Crippen LogP contribution in [-0.4, -0.2) is 0 Å². The Kier molecular flexibility index (Phi) is 3.42. The van der Waals surface area contributed by atoms with Crippen LogP contribution in [0.5, 0.6) is 0 Å². The monoisotopic (exact) mass is 231 g/mol. The minimum atomic E-state index is 0.117. The van der Waals surface area contributed by atoms with E-state index in [1.165, 1.54) is 22.3 Å².